The monoisotopic (exact) mass is 274 g/mol. The molecular weight excluding hydrogens is 252 g/mol. The second-order valence-corrected chi connectivity index (χ2v) is 5.40. The highest BCUT2D eigenvalue weighted by Gasteiger charge is 2.42. The second-order valence-electron chi connectivity index (χ2n) is 5.40. The lowest BCUT2D eigenvalue weighted by Crippen LogP contribution is -2.62. The standard InChI is InChI=1S/C12H22N2O5/c1-11(2,8-18-3)13-10(17)14-12(9(15)16)4-6-19-7-5-12/h4-8H2,1-3H3,(H,15,16)(H2,13,14,17). The normalized spacial score (nSPS) is 18.7. The van der Waals surface area contributed by atoms with Crippen molar-refractivity contribution in [3.63, 3.8) is 0 Å². The zero-order valence-corrected chi connectivity index (χ0v) is 11.6. The number of carbonyl (C=O) groups excluding carboxylic acids is 1. The van der Waals surface area contributed by atoms with Gasteiger partial charge in [-0.1, -0.05) is 0 Å². The summed E-state index contributed by atoms with van der Waals surface area (Å²) in [6, 6.07) is -0.508. The number of rotatable bonds is 5. The number of hydrogen-bond acceptors (Lipinski definition) is 4. The van der Waals surface area contributed by atoms with Crippen LogP contribution in [0.25, 0.3) is 0 Å². The van der Waals surface area contributed by atoms with Gasteiger partial charge in [-0.15, -0.1) is 0 Å². The van der Waals surface area contributed by atoms with Crippen LogP contribution >= 0.6 is 0 Å². The first kappa shape index (κ1) is 15.7. The van der Waals surface area contributed by atoms with Crippen LogP contribution in [0.4, 0.5) is 4.79 Å². The van der Waals surface area contributed by atoms with Gasteiger partial charge in [-0.2, -0.15) is 0 Å². The number of amides is 2. The Bertz CT molecular complexity index is 337. The molecule has 1 rings (SSSR count). The average Bonchev–Trinajstić information content (AvgIpc) is 2.28. The molecule has 3 N–H and O–H groups in total. The van der Waals surface area contributed by atoms with Crippen molar-refractivity contribution in [3.8, 4) is 0 Å². The Morgan fingerprint density at radius 3 is 2.42 bits per heavy atom. The molecular formula is C12H22N2O5. The van der Waals surface area contributed by atoms with E-state index in [0.717, 1.165) is 0 Å². The summed E-state index contributed by atoms with van der Waals surface area (Å²) in [4.78, 5) is 23.3. The molecule has 0 aromatic rings. The van der Waals surface area contributed by atoms with E-state index in [1.165, 1.54) is 0 Å². The molecule has 1 saturated heterocycles. The molecule has 1 heterocycles. The van der Waals surface area contributed by atoms with Crippen LogP contribution in [-0.4, -0.2) is 55.1 Å². The number of urea groups is 1. The lowest BCUT2D eigenvalue weighted by molar-refractivity contribution is -0.148. The van der Waals surface area contributed by atoms with Crippen molar-refractivity contribution < 1.29 is 24.2 Å². The number of ether oxygens (including phenoxy) is 2. The number of aliphatic carboxylic acids is 1. The van der Waals surface area contributed by atoms with Gasteiger partial charge >= 0.3 is 12.0 Å². The maximum atomic E-state index is 11.9. The first-order valence-electron chi connectivity index (χ1n) is 6.22. The van der Waals surface area contributed by atoms with Crippen molar-refractivity contribution in [1.82, 2.24) is 10.6 Å². The number of carboxylic acids is 1. The van der Waals surface area contributed by atoms with Crippen molar-refractivity contribution >= 4 is 12.0 Å². The molecule has 0 bridgehead atoms. The summed E-state index contributed by atoms with van der Waals surface area (Å²) < 4.78 is 10.1. The number of carbonyl (C=O) groups is 2. The van der Waals surface area contributed by atoms with Crippen molar-refractivity contribution in [2.45, 2.75) is 37.8 Å². The predicted molar refractivity (Wildman–Crippen MR) is 68.0 cm³/mol. The Hall–Kier alpha value is -1.34. The third-order valence-corrected chi connectivity index (χ3v) is 3.07. The van der Waals surface area contributed by atoms with Crippen molar-refractivity contribution in [2.24, 2.45) is 0 Å². The third kappa shape index (κ3) is 4.36. The Morgan fingerprint density at radius 1 is 1.37 bits per heavy atom. The van der Waals surface area contributed by atoms with E-state index in [1.54, 1.807) is 21.0 Å². The zero-order chi connectivity index (χ0) is 14.5. The van der Waals surface area contributed by atoms with E-state index in [9.17, 15) is 14.7 Å². The van der Waals surface area contributed by atoms with Gasteiger partial charge < -0.3 is 25.2 Å². The van der Waals surface area contributed by atoms with Gasteiger partial charge in [-0.05, 0) is 13.8 Å². The third-order valence-electron chi connectivity index (χ3n) is 3.07. The summed E-state index contributed by atoms with van der Waals surface area (Å²) in [6.07, 6.45) is 0.529. The van der Waals surface area contributed by atoms with E-state index in [0.29, 0.717) is 19.8 Å². The number of methoxy groups -OCH3 is 1. The number of hydrogen-bond donors (Lipinski definition) is 3. The molecule has 1 aliphatic rings. The molecule has 0 aromatic heterocycles. The van der Waals surface area contributed by atoms with Crippen LogP contribution in [0.5, 0.6) is 0 Å². The number of carboxylic acid groups (broad SMARTS) is 1. The van der Waals surface area contributed by atoms with Gasteiger partial charge in [0.15, 0.2) is 0 Å². The van der Waals surface area contributed by atoms with Gasteiger partial charge in [0.25, 0.3) is 0 Å². The van der Waals surface area contributed by atoms with Gasteiger partial charge in [0, 0.05) is 33.2 Å². The van der Waals surface area contributed by atoms with Crippen LogP contribution < -0.4 is 10.6 Å². The van der Waals surface area contributed by atoms with Crippen molar-refractivity contribution in [3.05, 3.63) is 0 Å². The lowest BCUT2D eigenvalue weighted by atomic mass is 9.90. The Labute approximate surface area is 112 Å². The van der Waals surface area contributed by atoms with Crippen LogP contribution in [0, 0.1) is 0 Å². The molecule has 0 unspecified atom stereocenters. The van der Waals surface area contributed by atoms with E-state index >= 15 is 0 Å². The molecule has 0 spiro atoms. The zero-order valence-electron chi connectivity index (χ0n) is 11.6. The SMILES string of the molecule is COCC(C)(C)NC(=O)NC1(C(=O)O)CCOCC1. The molecule has 1 aliphatic heterocycles. The number of nitrogens with one attached hydrogen (secondary N) is 2. The molecule has 0 atom stereocenters. The molecule has 7 nitrogen and oxygen atoms in total. The maximum absolute atomic E-state index is 11.9. The maximum Gasteiger partial charge on any atom is 0.329 e. The van der Waals surface area contributed by atoms with Crippen LogP contribution in [0.1, 0.15) is 26.7 Å². The van der Waals surface area contributed by atoms with E-state index < -0.39 is 23.1 Å². The van der Waals surface area contributed by atoms with E-state index in [1.807, 2.05) is 0 Å². The average molecular weight is 274 g/mol. The van der Waals surface area contributed by atoms with Crippen LogP contribution in [0.15, 0.2) is 0 Å². The predicted octanol–water partition coefficient (Wildman–Crippen LogP) is 0.344. The Morgan fingerprint density at radius 2 is 1.95 bits per heavy atom. The van der Waals surface area contributed by atoms with Gasteiger partial charge in [-0.25, -0.2) is 9.59 Å². The van der Waals surface area contributed by atoms with Gasteiger partial charge in [0.2, 0.25) is 0 Å². The summed E-state index contributed by atoms with van der Waals surface area (Å²) in [5, 5.41) is 14.6. The van der Waals surface area contributed by atoms with Crippen molar-refractivity contribution in [1.29, 1.82) is 0 Å². The van der Waals surface area contributed by atoms with E-state index in [2.05, 4.69) is 10.6 Å². The minimum Gasteiger partial charge on any atom is -0.480 e. The summed E-state index contributed by atoms with van der Waals surface area (Å²) in [7, 11) is 1.54. The minimum absolute atomic E-state index is 0.264. The lowest BCUT2D eigenvalue weighted by Gasteiger charge is -2.35. The first-order chi connectivity index (χ1) is 8.81. The molecule has 0 radical (unpaired) electrons. The Kier molecular flexibility index (Phi) is 5.13. The molecule has 110 valence electrons. The van der Waals surface area contributed by atoms with Gasteiger partial charge in [-0.3, -0.25) is 0 Å². The highest BCUT2D eigenvalue weighted by molar-refractivity contribution is 5.86. The summed E-state index contributed by atoms with van der Waals surface area (Å²) >= 11 is 0. The first-order valence-corrected chi connectivity index (χ1v) is 6.22. The molecule has 2 amide bonds. The van der Waals surface area contributed by atoms with Crippen LogP contribution in [0.2, 0.25) is 0 Å². The second kappa shape index (κ2) is 6.21. The fourth-order valence-corrected chi connectivity index (χ4v) is 2.07. The van der Waals surface area contributed by atoms with Gasteiger partial charge in [0.1, 0.15) is 5.54 Å². The fraction of sp³-hybridized carbons (Fsp3) is 0.833. The molecule has 1 fully saturated rings. The van der Waals surface area contributed by atoms with Crippen LogP contribution in [-0.2, 0) is 14.3 Å². The summed E-state index contributed by atoms with van der Waals surface area (Å²) in [5.74, 6) is -1.03. The van der Waals surface area contributed by atoms with E-state index in [4.69, 9.17) is 9.47 Å². The minimum atomic E-state index is -1.24. The molecule has 19 heavy (non-hydrogen) atoms. The Balaban J connectivity index is 2.64. The molecule has 0 saturated carbocycles. The molecule has 0 aromatic carbocycles. The molecule has 0 aliphatic carbocycles. The fourth-order valence-electron chi connectivity index (χ4n) is 2.07. The molecule has 7 heteroatoms. The summed E-state index contributed by atoms with van der Waals surface area (Å²) in [6.45, 7) is 4.59. The van der Waals surface area contributed by atoms with Crippen LogP contribution in [0.3, 0.4) is 0 Å². The van der Waals surface area contributed by atoms with Crippen molar-refractivity contribution in [2.75, 3.05) is 26.9 Å². The van der Waals surface area contributed by atoms with E-state index in [-0.39, 0.29) is 12.8 Å². The quantitative estimate of drug-likeness (QED) is 0.672. The summed E-state index contributed by atoms with van der Waals surface area (Å²) in [5.41, 5.74) is -1.81. The van der Waals surface area contributed by atoms with Gasteiger partial charge in [0.05, 0.1) is 12.1 Å². The highest BCUT2D eigenvalue weighted by atomic mass is 16.5. The smallest absolute Gasteiger partial charge is 0.329 e. The highest BCUT2D eigenvalue weighted by Crippen LogP contribution is 2.21. The topological polar surface area (TPSA) is 96.9 Å². The largest absolute Gasteiger partial charge is 0.480 e.